The number of ether oxygens (including phenoxy) is 1. The average Bonchev–Trinajstić information content (AvgIpc) is 2.72. The van der Waals surface area contributed by atoms with Gasteiger partial charge in [0.2, 0.25) is 10.0 Å². The zero-order valence-electron chi connectivity index (χ0n) is 18.9. The number of nitrogens with zero attached hydrogens (tertiary/aromatic N) is 1. The summed E-state index contributed by atoms with van der Waals surface area (Å²) in [5, 5.41) is 5.57. The molecule has 0 radical (unpaired) electrons. The number of carbonyl (C=O) groups is 2. The van der Waals surface area contributed by atoms with Crippen LogP contribution < -0.4 is 10.6 Å². The highest BCUT2D eigenvalue weighted by Gasteiger charge is 2.28. The van der Waals surface area contributed by atoms with Gasteiger partial charge in [0.25, 0.3) is 5.91 Å². The van der Waals surface area contributed by atoms with Crippen molar-refractivity contribution in [3.63, 3.8) is 0 Å². The number of hydrogen-bond acceptors (Lipinski definition) is 5. The van der Waals surface area contributed by atoms with Crippen molar-refractivity contribution in [2.45, 2.75) is 57.9 Å². The van der Waals surface area contributed by atoms with E-state index in [1.165, 1.54) is 28.6 Å². The smallest absolute Gasteiger partial charge is 0.407 e. The highest BCUT2D eigenvalue weighted by molar-refractivity contribution is 7.89. The highest BCUT2D eigenvalue weighted by Crippen LogP contribution is 2.23. The Bertz CT molecular complexity index is 831. The zero-order valence-corrected chi connectivity index (χ0v) is 19.7. The molecule has 9 heteroatoms. The van der Waals surface area contributed by atoms with Gasteiger partial charge in [0.15, 0.2) is 0 Å². The molecule has 2 N–H and O–H groups in total. The van der Waals surface area contributed by atoms with Crippen LogP contribution in [-0.2, 0) is 14.8 Å². The van der Waals surface area contributed by atoms with Crippen LogP contribution in [0.5, 0.6) is 0 Å². The Kier molecular flexibility index (Phi) is 9.31. The molecule has 0 aromatic heterocycles. The quantitative estimate of drug-likeness (QED) is 0.598. The standard InChI is InChI=1S/C22H35N3O5S/c1-5-30-22(27)24-19(14-16(2)3)15-23-21(26)18-6-8-20(9-7-18)31(28,29)25-12-10-17(4)11-13-25/h6-9,16-17,19H,5,10-15H2,1-4H3,(H,23,26)(H,24,27). The van der Waals surface area contributed by atoms with Gasteiger partial charge in [-0.3, -0.25) is 4.79 Å². The van der Waals surface area contributed by atoms with E-state index in [0.29, 0.717) is 36.9 Å². The van der Waals surface area contributed by atoms with Crippen LogP contribution in [0.15, 0.2) is 29.2 Å². The van der Waals surface area contributed by atoms with Gasteiger partial charge in [-0.25, -0.2) is 13.2 Å². The van der Waals surface area contributed by atoms with Crippen molar-refractivity contribution < 1.29 is 22.7 Å². The van der Waals surface area contributed by atoms with E-state index in [1.807, 2.05) is 13.8 Å². The molecule has 1 aromatic carbocycles. The minimum Gasteiger partial charge on any atom is -0.450 e. The molecule has 0 spiro atoms. The normalized spacial score (nSPS) is 16.7. The third kappa shape index (κ3) is 7.50. The van der Waals surface area contributed by atoms with E-state index >= 15 is 0 Å². The fraction of sp³-hybridized carbons (Fsp3) is 0.636. The average molecular weight is 454 g/mol. The second-order valence-corrected chi connectivity index (χ2v) is 10.5. The topological polar surface area (TPSA) is 105 Å². The van der Waals surface area contributed by atoms with Crippen LogP contribution in [0, 0.1) is 11.8 Å². The summed E-state index contributed by atoms with van der Waals surface area (Å²) in [6.07, 6.45) is 1.89. The molecule has 1 aliphatic rings. The predicted octanol–water partition coefficient (Wildman–Crippen LogP) is 3.00. The molecule has 0 saturated carbocycles. The van der Waals surface area contributed by atoms with E-state index in [9.17, 15) is 18.0 Å². The lowest BCUT2D eigenvalue weighted by molar-refractivity contribution is 0.0944. The van der Waals surface area contributed by atoms with Crippen LogP contribution in [0.2, 0.25) is 0 Å². The first kappa shape index (κ1) is 25.1. The third-order valence-electron chi connectivity index (χ3n) is 5.36. The van der Waals surface area contributed by atoms with E-state index in [1.54, 1.807) is 6.92 Å². The molecule has 1 aliphatic heterocycles. The van der Waals surface area contributed by atoms with Gasteiger partial charge in [0.05, 0.1) is 11.5 Å². The maximum atomic E-state index is 12.8. The summed E-state index contributed by atoms with van der Waals surface area (Å²) >= 11 is 0. The van der Waals surface area contributed by atoms with Crippen molar-refractivity contribution in [1.82, 2.24) is 14.9 Å². The second-order valence-electron chi connectivity index (χ2n) is 8.51. The number of nitrogens with one attached hydrogen (secondary N) is 2. The fourth-order valence-corrected chi connectivity index (χ4v) is 5.04. The number of hydrogen-bond donors (Lipinski definition) is 2. The van der Waals surface area contributed by atoms with Crippen LogP contribution in [0.4, 0.5) is 4.79 Å². The molecule has 2 rings (SSSR count). The van der Waals surface area contributed by atoms with Gasteiger partial charge in [-0.05, 0) is 62.3 Å². The minimum absolute atomic E-state index is 0.195. The van der Waals surface area contributed by atoms with Crippen molar-refractivity contribution in [1.29, 1.82) is 0 Å². The SMILES string of the molecule is CCOC(=O)NC(CNC(=O)c1ccc(S(=O)(=O)N2CCC(C)CC2)cc1)CC(C)C. The molecular formula is C22H35N3O5S. The van der Waals surface area contributed by atoms with Crippen molar-refractivity contribution in [3.05, 3.63) is 29.8 Å². The lowest BCUT2D eigenvalue weighted by Gasteiger charge is -2.29. The predicted molar refractivity (Wildman–Crippen MR) is 119 cm³/mol. The molecule has 2 amide bonds. The zero-order chi connectivity index (χ0) is 23.0. The van der Waals surface area contributed by atoms with Crippen molar-refractivity contribution in [2.24, 2.45) is 11.8 Å². The summed E-state index contributed by atoms with van der Waals surface area (Å²) in [4.78, 5) is 24.4. The molecule has 0 bridgehead atoms. The van der Waals surface area contributed by atoms with E-state index in [0.717, 1.165) is 12.8 Å². The minimum atomic E-state index is -3.55. The summed E-state index contributed by atoms with van der Waals surface area (Å²) in [5.74, 6) is 0.539. The molecular weight excluding hydrogens is 418 g/mol. The summed E-state index contributed by atoms with van der Waals surface area (Å²) in [5.41, 5.74) is 0.366. The number of benzene rings is 1. The molecule has 1 fully saturated rings. The van der Waals surface area contributed by atoms with Crippen LogP contribution in [0.1, 0.15) is 57.3 Å². The first-order valence-corrected chi connectivity index (χ1v) is 12.4. The van der Waals surface area contributed by atoms with Crippen LogP contribution in [-0.4, -0.2) is 57.0 Å². The number of rotatable bonds is 9. The van der Waals surface area contributed by atoms with E-state index in [4.69, 9.17) is 4.74 Å². The Balaban J connectivity index is 1.98. The summed E-state index contributed by atoms with van der Waals surface area (Å²) < 4.78 is 32.1. The highest BCUT2D eigenvalue weighted by atomic mass is 32.2. The second kappa shape index (κ2) is 11.5. The monoisotopic (exact) mass is 453 g/mol. The van der Waals surface area contributed by atoms with Crippen molar-refractivity contribution >= 4 is 22.0 Å². The van der Waals surface area contributed by atoms with Crippen molar-refractivity contribution in [2.75, 3.05) is 26.2 Å². The van der Waals surface area contributed by atoms with Gasteiger partial charge in [-0.1, -0.05) is 20.8 Å². The molecule has 1 heterocycles. The van der Waals surface area contributed by atoms with Gasteiger partial charge in [-0.2, -0.15) is 4.31 Å². The number of piperidine rings is 1. The van der Waals surface area contributed by atoms with Gasteiger partial charge < -0.3 is 15.4 Å². The van der Waals surface area contributed by atoms with Gasteiger partial charge in [-0.15, -0.1) is 0 Å². The van der Waals surface area contributed by atoms with Gasteiger partial charge >= 0.3 is 6.09 Å². The molecule has 1 unspecified atom stereocenters. The first-order chi connectivity index (χ1) is 14.6. The summed E-state index contributed by atoms with van der Waals surface area (Å²) in [6, 6.07) is 5.73. The van der Waals surface area contributed by atoms with E-state index < -0.39 is 16.1 Å². The number of alkyl carbamates (subject to hydrolysis) is 1. The Morgan fingerprint density at radius 2 is 1.77 bits per heavy atom. The molecule has 31 heavy (non-hydrogen) atoms. The lowest BCUT2D eigenvalue weighted by Crippen LogP contribution is -2.44. The molecule has 0 aliphatic carbocycles. The first-order valence-electron chi connectivity index (χ1n) is 10.9. The molecule has 1 atom stereocenters. The Morgan fingerprint density at radius 3 is 2.32 bits per heavy atom. The van der Waals surface area contributed by atoms with Crippen molar-refractivity contribution in [3.8, 4) is 0 Å². The molecule has 1 saturated heterocycles. The van der Waals surface area contributed by atoms with Gasteiger partial charge in [0.1, 0.15) is 0 Å². The van der Waals surface area contributed by atoms with E-state index in [-0.39, 0.29) is 30.0 Å². The van der Waals surface area contributed by atoms with Crippen LogP contribution in [0.25, 0.3) is 0 Å². The Labute approximate surface area is 185 Å². The molecule has 8 nitrogen and oxygen atoms in total. The maximum Gasteiger partial charge on any atom is 0.407 e. The number of carbonyl (C=O) groups excluding carboxylic acids is 2. The molecule has 174 valence electrons. The summed E-state index contributed by atoms with van der Waals surface area (Å²) in [7, 11) is -3.55. The Hall–Kier alpha value is -2.13. The number of sulfonamides is 1. The Morgan fingerprint density at radius 1 is 1.16 bits per heavy atom. The lowest BCUT2D eigenvalue weighted by atomic mass is 10.0. The maximum absolute atomic E-state index is 12.8. The molecule has 1 aromatic rings. The van der Waals surface area contributed by atoms with Gasteiger partial charge in [0, 0.05) is 31.2 Å². The summed E-state index contributed by atoms with van der Waals surface area (Å²) in [6.45, 7) is 9.50. The fourth-order valence-electron chi connectivity index (χ4n) is 3.57. The third-order valence-corrected chi connectivity index (χ3v) is 7.27. The number of amides is 2. The largest absolute Gasteiger partial charge is 0.450 e. The van der Waals surface area contributed by atoms with Crippen LogP contribution in [0.3, 0.4) is 0 Å². The van der Waals surface area contributed by atoms with Crippen LogP contribution >= 0.6 is 0 Å². The van der Waals surface area contributed by atoms with E-state index in [2.05, 4.69) is 17.6 Å².